The zero-order valence-corrected chi connectivity index (χ0v) is 11.9. The number of hydrogen-bond acceptors (Lipinski definition) is 1. The molecule has 2 aromatic carbocycles. The summed E-state index contributed by atoms with van der Waals surface area (Å²) in [5.74, 6) is -1.27. The lowest BCUT2D eigenvalue weighted by atomic mass is 10.0. The van der Waals surface area contributed by atoms with E-state index in [1.54, 1.807) is 0 Å². The van der Waals surface area contributed by atoms with Crippen LogP contribution >= 0.6 is 27.5 Å². The molecule has 0 N–H and O–H groups in total. The normalized spacial score (nSPS) is 10.5. The van der Waals surface area contributed by atoms with Crippen LogP contribution in [0.5, 0.6) is 0 Å². The molecule has 2 rings (SSSR count). The second kappa shape index (κ2) is 5.80. The van der Waals surface area contributed by atoms with Crippen LogP contribution in [0.3, 0.4) is 0 Å². The van der Waals surface area contributed by atoms with Gasteiger partial charge < -0.3 is 0 Å². The number of ketones is 1. The quantitative estimate of drug-likeness (QED) is 0.730. The first-order chi connectivity index (χ1) is 8.97. The first kappa shape index (κ1) is 14.2. The molecule has 0 saturated carbocycles. The standard InChI is InChI=1S/C14H8BrClF2O/c15-12-7-10(17)3-4-11(12)14(19)5-8-1-2-9(16)6-13(8)18/h1-4,6-7H,5H2. The van der Waals surface area contributed by atoms with Crippen LogP contribution in [0.15, 0.2) is 40.9 Å². The Labute approximate surface area is 122 Å². The third-order valence-electron chi connectivity index (χ3n) is 2.60. The molecule has 0 spiro atoms. The molecule has 0 atom stereocenters. The van der Waals surface area contributed by atoms with Crippen LogP contribution in [-0.2, 0) is 6.42 Å². The van der Waals surface area contributed by atoms with Crippen molar-refractivity contribution in [3.63, 3.8) is 0 Å². The molecule has 0 unspecified atom stereocenters. The number of hydrogen-bond donors (Lipinski definition) is 0. The van der Waals surface area contributed by atoms with Crippen LogP contribution in [0.2, 0.25) is 5.02 Å². The molecule has 0 aromatic heterocycles. The fourth-order valence-corrected chi connectivity index (χ4v) is 2.38. The van der Waals surface area contributed by atoms with E-state index in [4.69, 9.17) is 11.6 Å². The lowest BCUT2D eigenvalue weighted by Gasteiger charge is -2.05. The van der Waals surface area contributed by atoms with Gasteiger partial charge in [-0.25, -0.2) is 8.78 Å². The van der Waals surface area contributed by atoms with Crippen molar-refractivity contribution in [2.45, 2.75) is 6.42 Å². The molecule has 0 aliphatic rings. The van der Waals surface area contributed by atoms with E-state index in [1.165, 1.54) is 30.3 Å². The van der Waals surface area contributed by atoms with E-state index in [0.717, 1.165) is 6.07 Å². The first-order valence-electron chi connectivity index (χ1n) is 5.39. The average Bonchev–Trinajstić information content (AvgIpc) is 2.32. The molecular formula is C14H8BrClF2O. The van der Waals surface area contributed by atoms with E-state index in [0.29, 0.717) is 10.0 Å². The van der Waals surface area contributed by atoms with Gasteiger partial charge in [0.15, 0.2) is 5.78 Å². The van der Waals surface area contributed by atoms with Gasteiger partial charge in [0.05, 0.1) is 0 Å². The summed E-state index contributed by atoms with van der Waals surface area (Å²) in [6.45, 7) is 0. The van der Waals surface area contributed by atoms with E-state index < -0.39 is 11.6 Å². The Bertz CT molecular complexity index is 643. The predicted molar refractivity (Wildman–Crippen MR) is 73.5 cm³/mol. The SMILES string of the molecule is O=C(Cc1ccc(Cl)cc1F)c1ccc(F)cc1Br. The van der Waals surface area contributed by atoms with Gasteiger partial charge >= 0.3 is 0 Å². The molecule has 19 heavy (non-hydrogen) atoms. The van der Waals surface area contributed by atoms with Gasteiger partial charge in [-0.1, -0.05) is 17.7 Å². The van der Waals surface area contributed by atoms with E-state index in [9.17, 15) is 13.6 Å². The van der Waals surface area contributed by atoms with Crippen molar-refractivity contribution in [3.8, 4) is 0 Å². The maximum absolute atomic E-state index is 13.6. The molecule has 0 saturated heterocycles. The number of Topliss-reactive ketones (excluding diaryl/α,β-unsaturated/α-hetero) is 1. The number of benzene rings is 2. The fourth-order valence-electron chi connectivity index (χ4n) is 1.65. The number of carbonyl (C=O) groups is 1. The van der Waals surface area contributed by atoms with Gasteiger partial charge in [0.2, 0.25) is 0 Å². The van der Waals surface area contributed by atoms with Crippen molar-refractivity contribution in [2.75, 3.05) is 0 Å². The second-order valence-corrected chi connectivity index (χ2v) is 5.25. The molecule has 0 aliphatic heterocycles. The zero-order chi connectivity index (χ0) is 14.0. The highest BCUT2D eigenvalue weighted by atomic mass is 79.9. The van der Waals surface area contributed by atoms with Crippen LogP contribution in [0, 0.1) is 11.6 Å². The molecule has 5 heteroatoms. The third kappa shape index (κ3) is 3.39. The van der Waals surface area contributed by atoms with Crippen molar-refractivity contribution in [1.82, 2.24) is 0 Å². The Balaban J connectivity index is 2.25. The van der Waals surface area contributed by atoms with Gasteiger partial charge in [-0.15, -0.1) is 0 Å². The molecule has 2 aromatic rings. The van der Waals surface area contributed by atoms with Crippen molar-refractivity contribution in [3.05, 3.63) is 68.7 Å². The molecular weight excluding hydrogens is 338 g/mol. The third-order valence-corrected chi connectivity index (χ3v) is 3.49. The van der Waals surface area contributed by atoms with E-state index in [1.807, 2.05) is 0 Å². The smallest absolute Gasteiger partial charge is 0.168 e. The van der Waals surface area contributed by atoms with Crippen molar-refractivity contribution >= 4 is 33.3 Å². The van der Waals surface area contributed by atoms with Crippen LogP contribution in [0.25, 0.3) is 0 Å². The number of rotatable bonds is 3. The van der Waals surface area contributed by atoms with Crippen LogP contribution < -0.4 is 0 Å². The predicted octanol–water partition coefficient (Wildman–Crippen LogP) is 4.81. The van der Waals surface area contributed by atoms with Gasteiger partial charge in [-0.05, 0) is 51.8 Å². The summed E-state index contributed by atoms with van der Waals surface area (Å²) in [6.07, 6.45) is -0.104. The maximum Gasteiger partial charge on any atom is 0.168 e. The lowest BCUT2D eigenvalue weighted by Crippen LogP contribution is -2.06. The number of halogens is 4. The molecule has 0 amide bonds. The maximum atomic E-state index is 13.6. The van der Waals surface area contributed by atoms with Crippen molar-refractivity contribution < 1.29 is 13.6 Å². The summed E-state index contributed by atoms with van der Waals surface area (Å²) in [7, 11) is 0. The summed E-state index contributed by atoms with van der Waals surface area (Å²) >= 11 is 8.75. The van der Waals surface area contributed by atoms with Gasteiger partial charge in [-0.2, -0.15) is 0 Å². The minimum atomic E-state index is -0.529. The highest BCUT2D eigenvalue weighted by Gasteiger charge is 2.14. The van der Waals surface area contributed by atoms with Crippen LogP contribution in [0.1, 0.15) is 15.9 Å². The largest absolute Gasteiger partial charge is 0.294 e. The minimum absolute atomic E-state index is 0.104. The summed E-state index contributed by atoms with van der Waals surface area (Å²) in [4.78, 5) is 12.0. The zero-order valence-electron chi connectivity index (χ0n) is 9.59. The second-order valence-electron chi connectivity index (χ2n) is 3.96. The number of carbonyl (C=O) groups excluding carboxylic acids is 1. The summed E-state index contributed by atoms with van der Waals surface area (Å²) in [6, 6.07) is 7.90. The fraction of sp³-hybridized carbons (Fsp3) is 0.0714. The Hall–Kier alpha value is -1.26. The monoisotopic (exact) mass is 344 g/mol. The molecule has 1 nitrogen and oxygen atoms in total. The first-order valence-corrected chi connectivity index (χ1v) is 6.56. The van der Waals surface area contributed by atoms with E-state index in [-0.39, 0.29) is 22.8 Å². The minimum Gasteiger partial charge on any atom is -0.294 e. The molecule has 0 heterocycles. The summed E-state index contributed by atoms with van der Waals surface area (Å²) < 4.78 is 26.9. The highest BCUT2D eigenvalue weighted by Crippen LogP contribution is 2.21. The van der Waals surface area contributed by atoms with Crippen molar-refractivity contribution in [2.24, 2.45) is 0 Å². The summed E-state index contributed by atoms with van der Waals surface area (Å²) in [5, 5.41) is 0.275. The van der Waals surface area contributed by atoms with Gasteiger partial charge in [0.1, 0.15) is 11.6 Å². The van der Waals surface area contributed by atoms with Crippen LogP contribution in [-0.4, -0.2) is 5.78 Å². The van der Waals surface area contributed by atoms with Gasteiger partial charge in [0, 0.05) is 21.5 Å². The highest BCUT2D eigenvalue weighted by molar-refractivity contribution is 9.10. The Morgan fingerprint density at radius 2 is 1.89 bits per heavy atom. The Kier molecular flexibility index (Phi) is 4.32. The molecule has 0 fully saturated rings. The Morgan fingerprint density at radius 3 is 2.53 bits per heavy atom. The average molecular weight is 346 g/mol. The molecule has 0 aliphatic carbocycles. The topological polar surface area (TPSA) is 17.1 Å². The molecule has 98 valence electrons. The van der Waals surface area contributed by atoms with E-state index >= 15 is 0 Å². The Morgan fingerprint density at radius 1 is 1.16 bits per heavy atom. The van der Waals surface area contributed by atoms with E-state index in [2.05, 4.69) is 15.9 Å². The van der Waals surface area contributed by atoms with Crippen molar-refractivity contribution in [1.29, 1.82) is 0 Å². The van der Waals surface area contributed by atoms with Gasteiger partial charge in [0.25, 0.3) is 0 Å². The summed E-state index contributed by atoms with van der Waals surface area (Å²) in [5.41, 5.74) is 0.571. The van der Waals surface area contributed by atoms with Crippen LogP contribution in [0.4, 0.5) is 8.78 Å². The molecule has 0 radical (unpaired) electrons. The lowest BCUT2D eigenvalue weighted by molar-refractivity contribution is 0.0991. The molecule has 0 bridgehead atoms. The van der Waals surface area contributed by atoms with Gasteiger partial charge in [-0.3, -0.25) is 4.79 Å².